The van der Waals surface area contributed by atoms with Crippen molar-refractivity contribution in [3.8, 4) is 0 Å². The molecule has 0 spiro atoms. The van der Waals surface area contributed by atoms with Crippen molar-refractivity contribution in [3.05, 3.63) is 35.4 Å². The predicted octanol–water partition coefficient (Wildman–Crippen LogP) is 1.74. The lowest BCUT2D eigenvalue weighted by atomic mass is 10.1. The Balaban J connectivity index is 1.84. The SMILES string of the molecule is C[C@H](O)CN1CCN(C[C@H](O)c2ccc(C(F)(F)F)cc2)CC1. The van der Waals surface area contributed by atoms with Crippen LogP contribution >= 0.6 is 0 Å². The van der Waals surface area contributed by atoms with Gasteiger partial charge in [-0.25, -0.2) is 0 Å². The molecule has 0 aromatic heterocycles. The van der Waals surface area contributed by atoms with E-state index in [2.05, 4.69) is 9.80 Å². The molecule has 0 bridgehead atoms. The van der Waals surface area contributed by atoms with E-state index in [0.717, 1.165) is 38.3 Å². The van der Waals surface area contributed by atoms with E-state index in [4.69, 9.17) is 0 Å². The number of alkyl halides is 3. The molecule has 0 radical (unpaired) electrons. The number of rotatable bonds is 5. The second-order valence-corrected chi connectivity index (χ2v) is 6.09. The third kappa shape index (κ3) is 5.46. The molecule has 0 amide bonds. The monoisotopic (exact) mass is 332 g/mol. The Morgan fingerprint density at radius 3 is 1.87 bits per heavy atom. The van der Waals surface area contributed by atoms with Gasteiger partial charge in [-0.3, -0.25) is 9.80 Å². The molecule has 2 N–H and O–H groups in total. The van der Waals surface area contributed by atoms with Crippen LogP contribution in [0.15, 0.2) is 24.3 Å². The van der Waals surface area contributed by atoms with Crippen molar-refractivity contribution in [3.63, 3.8) is 0 Å². The average Bonchev–Trinajstić information content (AvgIpc) is 2.48. The first-order chi connectivity index (χ1) is 10.8. The number of hydrogen-bond acceptors (Lipinski definition) is 4. The highest BCUT2D eigenvalue weighted by atomic mass is 19.4. The Labute approximate surface area is 134 Å². The fourth-order valence-electron chi connectivity index (χ4n) is 2.77. The van der Waals surface area contributed by atoms with Crippen molar-refractivity contribution in [2.45, 2.75) is 25.3 Å². The third-order valence-corrected chi connectivity index (χ3v) is 4.04. The predicted molar refractivity (Wildman–Crippen MR) is 81.0 cm³/mol. The summed E-state index contributed by atoms with van der Waals surface area (Å²) in [6.45, 7) is 5.94. The molecule has 23 heavy (non-hydrogen) atoms. The summed E-state index contributed by atoms with van der Waals surface area (Å²) in [5, 5.41) is 19.6. The standard InChI is InChI=1S/C16H23F3N2O2/c1-12(22)10-20-6-8-21(9-7-20)11-15(23)13-2-4-14(5-3-13)16(17,18)19/h2-5,12,15,22-23H,6-11H2,1H3/t12-,15-/m0/s1. The van der Waals surface area contributed by atoms with Gasteiger partial charge in [0, 0.05) is 39.3 Å². The molecule has 1 aliphatic heterocycles. The Morgan fingerprint density at radius 2 is 1.43 bits per heavy atom. The van der Waals surface area contributed by atoms with Gasteiger partial charge in [-0.2, -0.15) is 13.2 Å². The van der Waals surface area contributed by atoms with Gasteiger partial charge < -0.3 is 10.2 Å². The van der Waals surface area contributed by atoms with Gasteiger partial charge in [-0.15, -0.1) is 0 Å². The number of piperazine rings is 1. The normalized spacial score (nSPS) is 20.4. The molecule has 0 aliphatic carbocycles. The van der Waals surface area contributed by atoms with Gasteiger partial charge in [0.25, 0.3) is 0 Å². The number of aliphatic hydroxyl groups is 2. The summed E-state index contributed by atoms with van der Waals surface area (Å²) in [5.41, 5.74) is -0.218. The largest absolute Gasteiger partial charge is 0.416 e. The fourth-order valence-corrected chi connectivity index (χ4v) is 2.77. The zero-order valence-electron chi connectivity index (χ0n) is 13.1. The van der Waals surface area contributed by atoms with E-state index in [9.17, 15) is 23.4 Å². The summed E-state index contributed by atoms with van der Waals surface area (Å²) < 4.78 is 37.6. The third-order valence-electron chi connectivity index (χ3n) is 4.04. The summed E-state index contributed by atoms with van der Waals surface area (Å²) in [7, 11) is 0. The van der Waals surface area contributed by atoms with E-state index in [1.165, 1.54) is 12.1 Å². The summed E-state index contributed by atoms with van der Waals surface area (Å²) in [6.07, 6.45) is -5.52. The molecule has 1 aliphatic rings. The lowest BCUT2D eigenvalue weighted by Crippen LogP contribution is -2.49. The van der Waals surface area contributed by atoms with E-state index in [0.29, 0.717) is 18.7 Å². The van der Waals surface area contributed by atoms with E-state index in [1.54, 1.807) is 6.92 Å². The number of nitrogens with zero attached hydrogens (tertiary/aromatic N) is 2. The first-order valence-corrected chi connectivity index (χ1v) is 7.73. The molecule has 0 unspecified atom stereocenters. The van der Waals surface area contributed by atoms with Gasteiger partial charge in [-0.1, -0.05) is 12.1 Å². The van der Waals surface area contributed by atoms with E-state index < -0.39 is 17.8 Å². The molecule has 1 aromatic rings. The molecule has 1 saturated heterocycles. The maximum Gasteiger partial charge on any atom is 0.416 e. The van der Waals surface area contributed by atoms with E-state index in [-0.39, 0.29) is 6.10 Å². The van der Waals surface area contributed by atoms with Crippen LogP contribution < -0.4 is 0 Å². The van der Waals surface area contributed by atoms with Crippen LogP contribution in [0.4, 0.5) is 13.2 Å². The summed E-state index contributed by atoms with van der Waals surface area (Å²) >= 11 is 0. The lowest BCUT2D eigenvalue weighted by molar-refractivity contribution is -0.137. The van der Waals surface area contributed by atoms with Crippen LogP contribution in [0.25, 0.3) is 0 Å². The van der Waals surface area contributed by atoms with Crippen molar-refractivity contribution < 1.29 is 23.4 Å². The van der Waals surface area contributed by atoms with E-state index >= 15 is 0 Å². The number of aliphatic hydroxyl groups excluding tert-OH is 2. The summed E-state index contributed by atoms with van der Waals surface area (Å²) in [6, 6.07) is 4.66. The van der Waals surface area contributed by atoms with Crippen LogP contribution in [0.2, 0.25) is 0 Å². The van der Waals surface area contributed by atoms with Crippen molar-refractivity contribution in [2.75, 3.05) is 39.3 Å². The van der Waals surface area contributed by atoms with Crippen molar-refractivity contribution in [1.29, 1.82) is 0 Å². The van der Waals surface area contributed by atoms with Gasteiger partial charge in [0.05, 0.1) is 17.8 Å². The zero-order valence-corrected chi connectivity index (χ0v) is 13.1. The van der Waals surface area contributed by atoms with Crippen LogP contribution in [0, 0.1) is 0 Å². The molecule has 0 saturated carbocycles. The highest BCUT2D eigenvalue weighted by Crippen LogP contribution is 2.30. The number of hydrogen-bond donors (Lipinski definition) is 2. The van der Waals surface area contributed by atoms with Crippen LogP contribution in [0.5, 0.6) is 0 Å². The molecule has 1 heterocycles. The Morgan fingerprint density at radius 1 is 0.957 bits per heavy atom. The zero-order chi connectivity index (χ0) is 17.0. The maximum atomic E-state index is 12.5. The van der Waals surface area contributed by atoms with Gasteiger partial charge in [-0.05, 0) is 24.6 Å². The Kier molecular flexibility index (Phi) is 6.02. The molecule has 4 nitrogen and oxygen atoms in total. The summed E-state index contributed by atoms with van der Waals surface area (Å²) in [5.74, 6) is 0. The Bertz CT molecular complexity index is 483. The van der Waals surface area contributed by atoms with Crippen molar-refractivity contribution >= 4 is 0 Å². The van der Waals surface area contributed by atoms with Gasteiger partial charge >= 0.3 is 6.18 Å². The second-order valence-electron chi connectivity index (χ2n) is 6.09. The minimum Gasteiger partial charge on any atom is -0.392 e. The smallest absolute Gasteiger partial charge is 0.392 e. The molecule has 2 rings (SSSR count). The number of benzene rings is 1. The van der Waals surface area contributed by atoms with Gasteiger partial charge in [0.2, 0.25) is 0 Å². The van der Waals surface area contributed by atoms with Gasteiger partial charge in [0.1, 0.15) is 0 Å². The average molecular weight is 332 g/mol. The molecule has 1 fully saturated rings. The molecule has 130 valence electrons. The minimum atomic E-state index is -4.36. The molecule has 2 atom stereocenters. The molecule has 7 heteroatoms. The quantitative estimate of drug-likeness (QED) is 0.862. The minimum absolute atomic E-state index is 0.362. The van der Waals surface area contributed by atoms with Crippen molar-refractivity contribution in [2.24, 2.45) is 0 Å². The second kappa shape index (κ2) is 7.61. The number of halogens is 3. The van der Waals surface area contributed by atoms with Crippen LogP contribution in [0.3, 0.4) is 0 Å². The Hall–Kier alpha value is -1.15. The highest BCUT2D eigenvalue weighted by Gasteiger charge is 2.30. The highest BCUT2D eigenvalue weighted by molar-refractivity contribution is 5.26. The first-order valence-electron chi connectivity index (χ1n) is 7.73. The fraction of sp³-hybridized carbons (Fsp3) is 0.625. The van der Waals surface area contributed by atoms with Crippen molar-refractivity contribution in [1.82, 2.24) is 9.80 Å². The lowest BCUT2D eigenvalue weighted by Gasteiger charge is -2.36. The molecule has 1 aromatic carbocycles. The van der Waals surface area contributed by atoms with Crippen LogP contribution in [-0.4, -0.2) is 65.4 Å². The maximum absolute atomic E-state index is 12.5. The van der Waals surface area contributed by atoms with E-state index in [1.807, 2.05) is 0 Å². The first kappa shape index (κ1) is 18.2. The van der Waals surface area contributed by atoms with Crippen LogP contribution in [-0.2, 0) is 6.18 Å². The molecular weight excluding hydrogens is 309 g/mol. The number of β-amino-alcohol motifs (C(OH)–C–C–N with tert-alkyl or cyclic N) is 2. The molecular formula is C16H23F3N2O2. The van der Waals surface area contributed by atoms with Gasteiger partial charge in [0.15, 0.2) is 0 Å². The topological polar surface area (TPSA) is 46.9 Å². The van der Waals surface area contributed by atoms with Crippen LogP contribution in [0.1, 0.15) is 24.2 Å². The summed E-state index contributed by atoms with van der Waals surface area (Å²) in [4.78, 5) is 4.24.